The van der Waals surface area contributed by atoms with E-state index in [-0.39, 0.29) is 5.97 Å². The molecule has 0 radical (unpaired) electrons. The quantitative estimate of drug-likeness (QED) is 0.381. The molecule has 0 fully saturated rings. The van der Waals surface area contributed by atoms with Crippen LogP contribution in [0.25, 0.3) is 32.3 Å². The van der Waals surface area contributed by atoms with Gasteiger partial charge in [-0.2, -0.15) is 0 Å². The number of esters is 1. The Morgan fingerprint density at radius 3 is 1.76 bits per heavy atom. The fourth-order valence-corrected chi connectivity index (χ4v) is 4.48. The smallest absolute Gasteiger partial charge is 0.348 e. The van der Waals surface area contributed by atoms with Crippen molar-refractivity contribution in [2.24, 2.45) is 0 Å². The first-order chi connectivity index (χ1) is 14.1. The summed E-state index contributed by atoms with van der Waals surface area (Å²) in [5.41, 5.74) is 4.26. The van der Waals surface area contributed by atoms with Crippen LogP contribution in [0.3, 0.4) is 0 Å². The molecule has 0 N–H and O–H groups in total. The number of carbonyl (C=O) groups excluding carboxylic acids is 1. The molecule has 0 aliphatic carbocycles. The first-order valence-electron chi connectivity index (χ1n) is 9.08. The van der Waals surface area contributed by atoms with E-state index in [4.69, 9.17) is 14.2 Å². The minimum Gasteiger partial charge on any atom is -0.497 e. The molecule has 29 heavy (non-hydrogen) atoms. The second-order valence-electron chi connectivity index (χ2n) is 6.46. The Bertz CT molecular complexity index is 1070. The molecule has 0 saturated heterocycles. The maximum absolute atomic E-state index is 12.2. The molecule has 1 aromatic heterocycles. The molecule has 0 aliphatic rings. The normalized spacial score (nSPS) is 10.7. The largest absolute Gasteiger partial charge is 0.497 e. The lowest BCUT2D eigenvalue weighted by Gasteiger charge is -2.10. The second kappa shape index (κ2) is 7.97. The number of carbonyl (C=O) groups is 1. The van der Waals surface area contributed by atoms with Gasteiger partial charge in [0.2, 0.25) is 0 Å². The highest BCUT2D eigenvalue weighted by molar-refractivity contribution is 7.21. The summed E-state index contributed by atoms with van der Waals surface area (Å²) in [6.45, 7) is 0. The zero-order valence-corrected chi connectivity index (χ0v) is 17.2. The van der Waals surface area contributed by atoms with Crippen molar-refractivity contribution in [1.29, 1.82) is 0 Å². The van der Waals surface area contributed by atoms with Gasteiger partial charge in [-0.15, -0.1) is 11.3 Å². The molecule has 4 aromatic rings. The van der Waals surface area contributed by atoms with Gasteiger partial charge in [-0.3, -0.25) is 0 Å². The van der Waals surface area contributed by atoms with Crippen molar-refractivity contribution < 1.29 is 19.0 Å². The predicted octanol–water partition coefficient (Wildman–Crippen LogP) is 6.04. The Kier molecular flexibility index (Phi) is 5.23. The van der Waals surface area contributed by atoms with Gasteiger partial charge < -0.3 is 14.2 Å². The summed E-state index contributed by atoms with van der Waals surface area (Å²) >= 11 is 1.45. The molecule has 0 spiro atoms. The molecule has 0 bridgehead atoms. The van der Waals surface area contributed by atoms with Gasteiger partial charge in [0, 0.05) is 10.1 Å². The van der Waals surface area contributed by atoms with Crippen LogP contribution in [0.1, 0.15) is 9.67 Å². The molecule has 3 aromatic carbocycles. The van der Waals surface area contributed by atoms with E-state index in [0.717, 1.165) is 43.8 Å². The Morgan fingerprint density at radius 1 is 0.724 bits per heavy atom. The number of hydrogen-bond donors (Lipinski definition) is 0. The van der Waals surface area contributed by atoms with Gasteiger partial charge in [-0.05, 0) is 52.6 Å². The number of methoxy groups -OCH3 is 3. The molecule has 0 aliphatic heterocycles. The molecular weight excluding hydrogens is 384 g/mol. The summed E-state index contributed by atoms with van der Waals surface area (Å²) < 4.78 is 16.5. The van der Waals surface area contributed by atoms with E-state index in [2.05, 4.69) is 12.1 Å². The van der Waals surface area contributed by atoms with Crippen LogP contribution in [0.4, 0.5) is 0 Å². The SMILES string of the molecule is COC(=O)c1cc2c(-c3ccc(OC)cc3)ccc(-c3ccc(OC)cc3)c2s1. The summed E-state index contributed by atoms with van der Waals surface area (Å²) in [6.07, 6.45) is 0. The zero-order chi connectivity index (χ0) is 20.4. The average Bonchev–Trinajstić information content (AvgIpc) is 3.23. The third-order valence-corrected chi connectivity index (χ3v) is 6.02. The van der Waals surface area contributed by atoms with E-state index in [0.29, 0.717) is 4.88 Å². The van der Waals surface area contributed by atoms with E-state index in [1.54, 1.807) is 14.2 Å². The summed E-state index contributed by atoms with van der Waals surface area (Å²) in [7, 11) is 4.71. The molecule has 0 amide bonds. The number of fused-ring (bicyclic) bond motifs is 1. The molecule has 0 unspecified atom stereocenters. The van der Waals surface area contributed by atoms with Gasteiger partial charge in [0.05, 0.1) is 21.3 Å². The van der Waals surface area contributed by atoms with E-state index in [1.165, 1.54) is 18.4 Å². The topological polar surface area (TPSA) is 44.8 Å². The van der Waals surface area contributed by atoms with Crippen LogP contribution < -0.4 is 9.47 Å². The van der Waals surface area contributed by atoms with Crippen molar-refractivity contribution in [3.8, 4) is 33.8 Å². The molecule has 4 nitrogen and oxygen atoms in total. The van der Waals surface area contributed by atoms with Crippen LogP contribution in [-0.4, -0.2) is 27.3 Å². The zero-order valence-electron chi connectivity index (χ0n) is 16.4. The van der Waals surface area contributed by atoms with Crippen LogP contribution in [0.2, 0.25) is 0 Å². The van der Waals surface area contributed by atoms with Crippen molar-refractivity contribution in [3.05, 3.63) is 71.6 Å². The Labute approximate surface area is 173 Å². The third-order valence-electron chi connectivity index (χ3n) is 4.87. The summed E-state index contributed by atoms with van der Waals surface area (Å²) in [5.74, 6) is 1.29. The summed E-state index contributed by atoms with van der Waals surface area (Å²) in [6, 6.07) is 22.0. The Hall–Kier alpha value is -3.31. The molecule has 5 heteroatoms. The van der Waals surface area contributed by atoms with Gasteiger partial charge in [0.25, 0.3) is 0 Å². The second-order valence-corrected chi connectivity index (χ2v) is 7.51. The van der Waals surface area contributed by atoms with Crippen molar-refractivity contribution in [3.63, 3.8) is 0 Å². The number of thiophene rings is 1. The molecule has 1 heterocycles. The maximum atomic E-state index is 12.2. The monoisotopic (exact) mass is 404 g/mol. The molecule has 4 rings (SSSR count). The van der Waals surface area contributed by atoms with Gasteiger partial charge in [0.15, 0.2) is 0 Å². The fraction of sp³-hybridized carbons (Fsp3) is 0.125. The van der Waals surface area contributed by atoms with Crippen molar-refractivity contribution in [1.82, 2.24) is 0 Å². The minimum absolute atomic E-state index is 0.326. The minimum atomic E-state index is -0.326. The average molecular weight is 404 g/mol. The van der Waals surface area contributed by atoms with Crippen molar-refractivity contribution in [2.45, 2.75) is 0 Å². The summed E-state index contributed by atoms with van der Waals surface area (Å²) in [5, 5.41) is 1.02. The summed E-state index contributed by atoms with van der Waals surface area (Å²) in [4.78, 5) is 12.8. The van der Waals surface area contributed by atoms with Crippen LogP contribution in [0.15, 0.2) is 66.7 Å². The fourth-order valence-electron chi connectivity index (χ4n) is 3.34. The van der Waals surface area contributed by atoms with E-state index < -0.39 is 0 Å². The lowest BCUT2D eigenvalue weighted by atomic mass is 9.96. The maximum Gasteiger partial charge on any atom is 0.348 e. The number of ether oxygens (including phenoxy) is 3. The molecule has 0 atom stereocenters. The first-order valence-corrected chi connectivity index (χ1v) is 9.90. The van der Waals surface area contributed by atoms with Crippen LogP contribution >= 0.6 is 11.3 Å². The van der Waals surface area contributed by atoms with Gasteiger partial charge in [0.1, 0.15) is 16.4 Å². The van der Waals surface area contributed by atoms with E-state index in [9.17, 15) is 4.79 Å². The Balaban J connectivity index is 1.91. The highest BCUT2D eigenvalue weighted by Crippen LogP contribution is 2.41. The lowest BCUT2D eigenvalue weighted by Crippen LogP contribution is -1.96. The van der Waals surface area contributed by atoms with Crippen LogP contribution in [0, 0.1) is 0 Å². The standard InChI is InChI=1S/C24H20O4S/c1-26-17-8-4-15(5-9-17)19-12-13-20(16-6-10-18(27-2)11-7-16)23-21(19)14-22(29-23)24(25)28-3/h4-14H,1-3H3. The number of rotatable bonds is 5. The molecule has 146 valence electrons. The predicted molar refractivity (Wildman–Crippen MR) is 117 cm³/mol. The molecule has 0 saturated carbocycles. The van der Waals surface area contributed by atoms with Crippen molar-refractivity contribution >= 4 is 27.4 Å². The van der Waals surface area contributed by atoms with Crippen LogP contribution in [0.5, 0.6) is 11.5 Å². The number of hydrogen-bond acceptors (Lipinski definition) is 5. The van der Waals surface area contributed by atoms with Gasteiger partial charge >= 0.3 is 5.97 Å². The third kappa shape index (κ3) is 3.57. The van der Waals surface area contributed by atoms with Gasteiger partial charge in [-0.25, -0.2) is 4.79 Å². The lowest BCUT2D eigenvalue weighted by molar-refractivity contribution is 0.0606. The van der Waals surface area contributed by atoms with E-state index >= 15 is 0 Å². The van der Waals surface area contributed by atoms with Crippen LogP contribution in [-0.2, 0) is 4.74 Å². The highest BCUT2D eigenvalue weighted by atomic mass is 32.1. The highest BCUT2D eigenvalue weighted by Gasteiger charge is 2.17. The van der Waals surface area contributed by atoms with Gasteiger partial charge in [-0.1, -0.05) is 36.4 Å². The first kappa shape index (κ1) is 19.0. The molecular formula is C24H20O4S. The van der Waals surface area contributed by atoms with Crippen molar-refractivity contribution in [2.75, 3.05) is 21.3 Å². The Morgan fingerprint density at radius 2 is 1.24 bits per heavy atom. The number of benzene rings is 3. The van der Waals surface area contributed by atoms with E-state index in [1.807, 2.05) is 54.6 Å².